The molecule has 2 heterocycles. The highest BCUT2D eigenvalue weighted by molar-refractivity contribution is 7.80. The van der Waals surface area contributed by atoms with Crippen molar-refractivity contribution < 1.29 is 0 Å². The van der Waals surface area contributed by atoms with E-state index in [1.807, 2.05) is 30.3 Å². The van der Waals surface area contributed by atoms with Crippen LogP contribution in [0.15, 0.2) is 147 Å². The van der Waals surface area contributed by atoms with Crippen LogP contribution in [-0.4, -0.2) is 71.7 Å². The third kappa shape index (κ3) is 17.9. The number of benzene rings is 4. The zero-order valence-corrected chi connectivity index (χ0v) is 33.9. The number of hydrogen-bond acceptors (Lipinski definition) is 7. The number of likely N-dealkylation sites (N-methyl/N-ethyl adjacent to an activating group) is 2. The lowest BCUT2D eigenvalue weighted by molar-refractivity contribution is 0.331. The second kappa shape index (κ2) is 25.4. The normalized spacial score (nSPS) is 10.3. The molecule has 0 bridgehead atoms. The van der Waals surface area contributed by atoms with Crippen LogP contribution in [0.1, 0.15) is 22.3 Å². The Hall–Kier alpha value is -4.62. The zero-order valence-electron chi connectivity index (χ0n) is 30.7. The summed E-state index contributed by atoms with van der Waals surface area (Å²) in [4.78, 5) is 12.5. The molecule has 0 amide bonds. The standard InChI is InChI=1S/C17H21N3S.C16H20N2.C7H6N4S.CH2Cl2/c1-20(13-15-5-3-2-4-6-15)12-11-14-7-9-16(10-8-14)19-17(18)21;1-18(13-15-5-3-2-4-6-15)12-11-14-7-9-16(17)10-8-14;12-7(10-3-1-8-5-10)11-4-2-9-6-11;2-1-3/h2-10H,11-13H2,1H3,(H3,18,19,21);2-10H,11-13,17H2,1H3;1-6H;1H2. The highest BCUT2D eigenvalue weighted by atomic mass is 35.5. The van der Waals surface area contributed by atoms with Crippen molar-refractivity contribution >= 4 is 69.2 Å². The average molecular weight is 803 g/mol. The van der Waals surface area contributed by atoms with Crippen LogP contribution in [-0.2, 0) is 25.9 Å². The topological polar surface area (TPSA) is 106 Å². The number of nitrogens with zero attached hydrogens (tertiary/aromatic N) is 6. The van der Waals surface area contributed by atoms with Crippen LogP contribution in [0, 0.1) is 0 Å². The first-order valence-corrected chi connectivity index (χ1v) is 19.1. The quantitative estimate of drug-likeness (QED) is 0.0681. The fourth-order valence-electron chi connectivity index (χ4n) is 5.05. The van der Waals surface area contributed by atoms with Crippen molar-refractivity contribution in [2.75, 3.05) is 43.6 Å². The summed E-state index contributed by atoms with van der Waals surface area (Å²) in [5, 5.41) is 4.06. The van der Waals surface area contributed by atoms with E-state index in [2.05, 4.69) is 118 Å². The number of rotatable bonds is 11. The van der Waals surface area contributed by atoms with E-state index in [0.717, 1.165) is 50.4 Å². The molecule has 0 spiro atoms. The highest BCUT2D eigenvalue weighted by Gasteiger charge is 2.03. The summed E-state index contributed by atoms with van der Waals surface area (Å²) in [6.45, 7) is 4.05. The molecule has 0 radical (unpaired) electrons. The first-order valence-electron chi connectivity index (χ1n) is 17.2. The molecular weight excluding hydrogens is 754 g/mol. The Bertz CT molecular complexity index is 1820. The molecule has 0 fully saturated rings. The Balaban J connectivity index is 0.000000216. The molecule has 54 heavy (non-hydrogen) atoms. The fraction of sp³-hybridized carbons (Fsp3) is 0.220. The monoisotopic (exact) mass is 801 g/mol. The van der Waals surface area contributed by atoms with E-state index in [4.69, 9.17) is 59.1 Å². The molecule has 0 saturated carbocycles. The average Bonchev–Trinajstić information content (AvgIpc) is 3.92. The number of nitrogen functional groups attached to an aromatic ring is 1. The van der Waals surface area contributed by atoms with Crippen molar-refractivity contribution in [2.24, 2.45) is 5.73 Å². The van der Waals surface area contributed by atoms with Gasteiger partial charge >= 0.3 is 0 Å². The van der Waals surface area contributed by atoms with Gasteiger partial charge in [-0.25, -0.2) is 9.97 Å². The van der Waals surface area contributed by atoms with Gasteiger partial charge < -0.3 is 26.6 Å². The lowest BCUT2D eigenvalue weighted by atomic mass is 10.1. The Kier molecular flexibility index (Phi) is 20.6. The van der Waals surface area contributed by atoms with Crippen LogP contribution in [0.5, 0.6) is 0 Å². The Morgan fingerprint density at radius 2 is 1.06 bits per heavy atom. The van der Waals surface area contributed by atoms with Crippen molar-refractivity contribution in [2.45, 2.75) is 25.9 Å². The maximum Gasteiger partial charge on any atom is 0.190 e. The summed E-state index contributed by atoms with van der Waals surface area (Å²) in [5.74, 6) is 0. The van der Waals surface area contributed by atoms with Crippen molar-refractivity contribution in [3.05, 3.63) is 169 Å². The van der Waals surface area contributed by atoms with Crippen molar-refractivity contribution in [3.8, 4) is 0 Å². The molecular formula is C41H49Cl2N9S2. The van der Waals surface area contributed by atoms with Gasteiger partial charge in [0, 0.05) is 62.3 Å². The molecule has 0 aliphatic rings. The van der Waals surface area contributed by atoms with Gasteiger partial charge in [-0.3, -0.25) is 9.13 Å². The Labute approximate surface area is 340 Å². The minimum absolute atomic E-state index is 0.194. The van der Waals surface area contributed by atoms with Crippen molar-refractivity contribution in [1.82, 2.24) is 28.9 Å². The smallest absolute Gasteiger partial charge is 0.190 e. The first kappa shape index (κ1) is 43.8. The molecule has 0 atom stereocenters. The number of aromatic nitrogens is 4. The summed E-state index contributed by atoms with van der Waals surface area (Å²) < 4.78 is 3.49. The van der Waals surface area contributed by atoms with Crippen LogP contribution in [0.3, 0.4) is 0 Å². The van der Waals surface area contributed by atoms with Crippen LogP contribution < -0.4 is 16.8 Å². The highest BCUT2D eigenvalue weighted by Crippen LogP contribution is 2.11. The lowest BCUT2D eigenvalue weighted by Crippen LogP contribution is -2.20. The van der Waals surface area contributed by atoms with Gasteiger partial charge in [-0.05, 0) is 97.9 Å². The number of halogens is 2. The second-order valence-electron chi connectivity index (χ2n) is 12.2. The van der Waals surface area contributed by atoms with Crippen LogP contribution in [0.25, 0.3) is 0 Å². The number of imidazole rings is 2. The molecule has 4 aromatic carbocycles. The van der Waals surface area contributed by atoms with E-state index in [1.54, 1.807) is 46.6 Å². The number of nitrogens with two attached hydrogens (primary N) is 2. The third-order valence-corrected chi connectivity index (χ3v) is 8.33. The molecule has 5 N–H and O–H groups in total. The predicted molar refractivity (Wildman–Crippen MR) is 235 cm³/mol. The SMILES string of the molecule is CN(CCc1ccc(N)cc1)Cc1ccccc1.CN(CCc1ccc(NC(N)=S)cc1)Cc1ccccc1.ClCCl.S=C(n1ccnc1)n1ccnc1. The minimum Gasteiger partial charge on any atom is -0.399 e. The molecule has 0 aliphatic carbocycles. The number of anilines is 2. The van der Waals surface area contributed by atoms with Crippen molar-refractivity contribution in [1.29, 1.82) is 0 Å². The molecule has 0 aliphatic heterocycles. The van der Waals surface area contributed by atoms with Gasteiger partial charge in [0.2, 0.25) is 0 Å². The second-order valence-corrected chi connectivity index (χ2v) is 13.8. The molecule has 2 aromatic heterocycles. The van der Waals surface area contributed by atoms with Gasteiger partial charge in [0.25, 0.3) is 0 Å². The predicted octanol–water partition coefficient (Wildman–Crippen LogP) is 8.14. The maximum absolute atomic E-state index is 5.67. The fourth-order valence-corrected chi connectivity index (χ4v) is 5.38. The van der Waals surface area contributed by atoms with Gasteiger partial charge in [0.1, 0.15) is 12.7 Å². The molecule has 0 unspecified atom stereocenters. The number of nitrogens with one attached hydrogen (secondary N) is 1. The Morgan fingerprint density at radius 3 is 1.43 bits per heavy atom. The molecule has 0 saturated heterocycles. The van der Waals surface area contributed by atoms with E-state index in [0.29, 0.717) is 10.2 Å². The lowest BCUT2D eigenvalue weighted by Gasteiger charge is -2.16. The summed E-state index contributed by atoms with van der Waals surface area (Å²) in [6, 6.07) is 37.4. The van der Waals surface area contributed by atoms with Gasteiger partial charge in [-0.15, -0.1) is 23.2 Å². The van der Waals surface area contributed by atoms with Gasteiger partial charge in [-0.2, -0.15) is 0 Å². The Morgan fingerprint density at radius 1 is 0.648 bits per heavy atom. The largest absolute Gasteiger partial charge is 0.399 e. The van der Waals surface area contributed by atoms with E-state index in [1.165, 1.54) is 22.3 Å². The van der Waals surface area contributed by atoms with E-state index in [-0.39, 0.29) is 5.34 Å². The van der Waals surface area contributed by atoms with E-state index in [9.17, 15) is 0 Å². The van der Waals surface area contributed by atoms with Gasteiger partial charge in [0.15, 0.2) is 10.2 Å². The summed E-state index contributed by atoms with van der Waals surface area (Å²) in [6.07, 6.45) is 12.3. The van der Waals surface area contributed by atoms with E-state index >= 15 is 0 Å². The number of thiocarbonyl (C=S) groups is 2. The molecule has 6 aromatic rings. The molecule has 6 rings (SSSR count). The summed E-state index contributed by atoms with van der Waals surface area (Å²) >= 11 is 19.5. The first-order chi connectivity index (χ1) is 26.2. The summed E-state index contributed by atoms with van der Waals surface area (Å²) in [5.41, 5.74) is 18.2. The van der Waals surface area contributed by atoms with E-state index < -0.39 is 0 Å². The maximum atomic E-state index is 5.67. The van der Waals surface area contributed by atoms with Crippen LogP contribution >= 0.6 is 47.6 Å². The number of alkyl halides is 2. The zero-order chi connectivity index (χ0) is 39.0. The summed E-state index contributed by atoms with van der Waals surface area (Å²) in [7, 11) is 4.31. The molecule has 284 valence electrons. The van der Waals surface area contributed by atoms with Crippen LogP contribution in [0.4, 0.5) is 11.4 Å². The molecule has 13 heteroatoms. The molecule has 9 nitrogen and oxygen atoms in total. The van der Waals surface area contributed by atoms with Crippen LogP contribution in [0.2, 0.25) is 0 Å². The van der Waals surface area contributed by atoms with Gasteiger partial charge in [0.05, 0.1) is 5.34 Å². The van der Waals surface area contributed by atoms with Crippen molar-refractivity contribution in [3.63, 3.8) is 0 Å². The van der Waals surface area contributed by atoms with Gasteiger partial charge in [-0.1, -0.05) is 84.9 Å². The third-order valence-electron chi connectivity index (χ3n) is 7.81. The number of hydrogen-bond donors (Lipinski definition) is 3. The minimum atomic E-state index is 0.194.